The number of hydrogen-bond donors (Lipinski definition) is 1. The number of hydrogen-bond acceptors (Lipinski definition) is 4. The van der Waals surface area contributed by atoms with Crippen LogP contribution in [0.25, 0.3) is 0 Å². The summed E-state index contributed by atoms with van der Waals surface area (Å²) in [7, 11) is -2.94. The van der Waals surface area contributed by atoms with Crippen molar-refractivity contribution in [2.24, 2.45) is 0 Å². The maximum Gasteiger partial charge on any atom is 0.417 e. The number of benzene rings is 3. The molecule has 0 unspecified atom stereocenters. The lowest BCUT2D eigenvalue weighted by Gasteiger charge is -2.24. The van der Waals surface area contributed by atoms with E-state index in [0.717, 1.165) is 40.7 Å². The number of rotatable bonds is 7. The van der Waals surface area contributed by atoms with Gasteiger partial charge in [0.25, 0.3) is 10.0 Å². The van der Waals surface area contributed by atoms with Crippen LogP contribution in [0.5, 0.6) is 5.75 Å². The highest BCUT2D eigenvalue weighted by Gasteiger charge is 2.34. The summed E-state index contributed by atoms with van der Waals surface area (Å²) in [5.74, 6) is -1.15. The topological polar surface area (TPSA) is 75.7 Å². The molecule has 34 heavy (non-hydrogen) atoms. The standard InChI is InChI=1S/C22H17ClF4N2O4S/c1-33-17-7-5-16(6-8-17)29(34(31,32)18-9-2-14(24)3-10-18)13-21(30)28-15-4-11-20(23)19(12-15)22(25,26)27/h2-12H,13H2,1H3,(H,28,30). The normalized spacial score (nSPS) is 11.7. The Morgan fingerprint density at radius 2 is 1.65 bits per heavy atom. The summed E-state index contributed by atoms with van der Waals surface area (Å²) in [6, 6.07) is 12.4. The van der Waals surface area contributed by atoms with Gasteiger partial charge in [0.05, 0.1) is 28.3 Å². The van der Waals surface area contributed by atoms with Crippen molar-refractivity contribution in [1.82, 2.24) is 0 Å². The smallest absolute Gasteiger partial charge is 0.417 e. The second kappa shape index (κ2) is 9.90. The van der Waals surface area contributed by atoms with Crippen molar-refractivity contribution in [2.75, 3.05) is 23.3 Å². The van der Waals surface area contributed by atoms with E-state index in [0.29, 0.717) is 11.8 Å². The minimum atomic E-state index is -4.75. The summed E-state index contributed by atoms with van der Waals surface area (Å²) in [5.41, 5.74) is -1.30. The first kappa shape index (κ1) is 25.3. The summed E-state index contributed by atoms with van der Waals surface area (Å²) in [4.78, 5) is 12.4. The monoisotopic (exact) mass is 516 g/mol. The van der Waals surface area contributed by atoms with Crippen molar-refractivity contribution in [3.8, 4) is 5.75 Å². The number of amides is 1. The van der Waals surface area contributed by atoms with E-state index in [9.17, 15) is 30.8 Å². The van der Waals surface area contributed by atoms with Crippen molar-refractivity contribution >= 4 is 38.9 Å². The van der Waals surface area contributed by atoms with Gasteiger partial charge in [-0.1, -0.05) is 11.6 Å². The molecule has 0 heterocycles. The molecule has 1 amide bonds. The average molecular weight is 517 g/mol. The lowest BCUT2D eigenvalue weighted by Crippen LogP contribution is -2.38. The second-order valence-corrected chi connectivity index (χ2v) is 9.17. The highest BCUT2D eigenvalue weighted by molar-refractivity contribution is 7.92. The van der Waals surface area contributed by atoms with Crippen molar-refractivity contribution in [1.29, 1.82) is 0 Å². The number of anilines is 2. The van der Waals surface area contributed by atoms with E-state index in [2.05, 4.69) is 5.32 Å². The fourth-order valence-corrected chi connectivity index (χ4v) is 4.59. The van der Waals surface area contributed by atoms with Gasteiger partial charge in [0.1, 0.15) is 18.1 Å². The van der Waals surface area contributed by atoms with Crippen LogP contribution in [0.1, 0.15) is 5.56 Å². The molecular formula is C22H17ClF4N2O4S. The molecule has 3 aromatic rings. The number of carbonyl (C=O) groups excluding carboxylic acids is 1. The first-order valence-corrected chi connectivity index (χ1v) is 11.3. The number of ether oxygens (including phenoxy) is 1. The van der Waals surface area contributed by atoms with Crippen LogP contribution < -0.4 is 14.4 Å². The van der Waals surface area contributed by atoms with Gasteiger partial charge in [-0.2, -0.15) is 13.2 Å². The molecule has 0 saturated carbocycles. The van der Waals surface area contributed by atoms with Gasteiger partial charge in [0, 0.05) is 5.69 Å². The van der Waals surface area contributed by atoms with E-state index in [1.807, 2.05) is 0 Å². The van der Waals surface area contributed by atoms with E-state index < -0.39 is 45.1 Å². The second-order valence-electron chi connectivity index (χ2n) is 6.90. The highest BCUT2D eigenvalue weighted by Crippen LogP contribution is 2.36. The molecule has 0 radical (unpaired) electrons. The zero-order valence-corrected chi connectivity index (χ0v) is 19.0. The van der Waals surface area contributed by atoms with Crippen LogP contribution >= 0.6 is 11.6 Å². The fraction of sp³-hybridized carbons (Fsp3) is 0.136. The Bertz CT molecular complexity index is 1280. The van der Waals surface area contributed by atoms with Crippen molar-refractivity contribution in [2.45, 2.75) is 11.1 Å². The summed E-state index contributed by atoms with van der Waals surface area (Å²) in [6.07, 6.45) is -4.75. The zero-order chi connectivity index (χ0) is 25.1. The van der Waals surface area contributed by atoms with Gasteiger partial charge in [-0.15, -0.1) is 0 Å². The van der Waals surface area contributed by atoms with Gasteiger partial charge in [-0.3, -0.25) is 9.10 Å². The van der Waals surface area contributed by atoms with Gasteiger partial charge in [0.15, 0.2) is 0 Å². The summed E-state index contributed by atoms with van der Waals surface area (Å²) >= 11 is 5.59. The van der Waals surface area contributed by atoms with Crippen molar-refractivity contribution in [3.05, 3.63) is 83.1 Å². The number of carbonyl (C=O) groups is 1. The van der Waals surface area contributed by atoms with Crippen molar-refractivity contribution < 1.29 is 35.5 Å². The molecule has 0 fully saturated rings. The zero-order valence-electron chi connectivity index (χ0n) is 17.4. The molecule has 180 valence electrons. The number of nitrogens with zero attached hydrogens (tertiary/aromatic N) is 1. The first-order valence-electron chi connectivity index (χ1n) is 9.51. The summed E-state index contributed by atoms with van der Waals surface area (Å²) < 4.78 is 84.9. The molecule has 0 saturated heterocycles. The third-order valence-electron chi connectivity index (χ3n) is 4.60. The molecule has 3 rings (SSSR count). The van der Waals surface area contributed by atoms with Crippen LogP contribution in [0.2, 0.25) is 5.02 Å². The van der Waals surface area contributed by atoms with E-state index in [1.165, 1.54) is 31.4 Å². The Hall–Kier alpha value is -3.31. The molecule has 0 atom stereocenters. The Morgan fingerprint density at radius 3 is 2.21 bits per heavy atom. The number of halogens is 5. The average Bonchev–Trinajstić information content (AvgIpc) is 2.78. The van der Waals surface area contributed by atoms with Crippen LogP contribution in [0.15, 0.2) is 71.6 Å². The molecule has 12 heteroatoms. The molecule has 0 aliphatic carbocycles. The maximum atomic E-state index is 13.3. The van der Waals surface area contributed by atoms with Crippen LogP contribution in [0.4, 0.5) is 28.9 Å². The third kappa shape index (κ3) is 5.78. The van der Waals surface area contributed by atoms with Gasteiger partial charge >= 0.3 is 6.18 Å². The number of nitrogens with one attached hydrogen (secondary N) is 1. The SMILES string of the molecule is COc1ccc(N(CC(=O)Nc2ccc(Cl)c(C(F)(F)F)c2)S(=O)(=O)c2ccc(F)cc2)cc1. The fourth-order valence-electron chi connectivity index (χ4n) is 2.95. The number of sulfonamides is 1. The molecular weight excluding hydrogens is 500 g/mol. The molecule has 0 aromatic heterocycles. The van der Waals surface area contributed by atoms with Gasteiger partial charge in [-0.05, 0) is 66.7 Å². The van der Waals surface area contributed by atoms with Crippen molar-refractivity contribution in [3.63, 3.8) is 0 Å². The third-order valence-corrected chi connectivity index (χ3v) is 6.72. The quantitative estimate of drug-likeness (QED) is 0.430. The predicted molar refractivity (Wildman–Crippen MR) is 119 cm³/mol. The Morgan fingerprint density at radius 1 is 1.03 bits per heavy atom. The van der Waals surface area contributed by atoms with E-state index in [1.54, 1.807) is 0 Å². The van der Waals surface area contributed by atoms with Crippen LogP contribution in [-0.4, -0.2) is 28.0 Å². The lowest BCUT2D eigenvalue weighted by atomic mass is 10.2. The summed E-state index contributed by atoms with van der Waals surface area (Å²) in [5, 5.41) is 1.70. The lowest BCUT2D eigenvalue weighted by molar-refractivity contribution is -0.137. The van der Waals surface area contributed by atoms with Crippen LogP contribution in [0.3, 0.4) is 0 Å². The Kier molecular flexibility index (Phi) is 7.37. The number of methoxy groups -OCH3 is 1. The maximum absolute atomic E-state index is 13.3. The Balaban J connectivity index is 1.94. The number of alkyl halides is 3. The molecule has 6 nitrogen and oxygen atoms in total. The minimum Gasteiger partial charge on any atom is -0.497 e. The van der Waals surface area contributed by atoms with Gasteiger partial charge in [0.2, 0.25) is 5.91 Å². The Labute approximate surface area is 197 Å². The molecule has 0 aliphatic heterocycles. The molecule has 0 spiro atoms. The highest BCUT2D eigenvalue weighted by atomic mass is 35.5. The van der Waals surface area contributed by atoms with Crippen LogP contribution in [-0.2, 0) is 21.0 Å². The van der Waals surface area contributed by atoms with E-state index >= 15 is 0 Å². The van der Waals surface area contributed by atoms with Crippen LogP contribution in [0, 0.1) is 5.82 Å². The molecule has 1 N–H and O–H groups in total. The minimum absolute atomic E-state index is 0.0763. The first-order chi connectivity index (χ1) is 15.9. The van der Waals surface area contributed by atoms with Gasteiger partial charge in [-0.25, -0.2) is 12.8 Å². The van der Waals surface area contributed by atoms with E-state index in [4.69, 9.17) is 16.3 Å². The molecule has 0 bridgehead atoms. The largest absolute Gasteiger partial charge is 0.497 e. The van der Waals surface area contributed by atoms with E-state index in [-0.39, 0.29) is 16.3 Å². The summed E-state index contributed by atoms with van der Waals surface area (Å²) in [6.45, 7) is -0.782. The van der Waals surface area contributed by atoms with Gasteiger partial charge < -0.3 is 10.1 Å². The molecule has 0 aliphatic rings. The predicted octanol–water partition coefficient (Wildman–Crippen LogP) is 5.34. The molecule has 3 aromatic carbocycles.